The molecule has 7 nitrogen and oxygen atoms in total. The molecular formula is C32H50O7Si2. The van der Waals surface area contributed by atoms with E-state index < -0.39 is 40.1 Å². The van der Waals surface area contributed by atoms with Crippen molar-refractivity contribution in [1.29, 1.82) is 0 Å². The van der Waals surface area contributed by atoms with Crippen LogP contribution in [0, 0.1) is 5.92 Å². The van der Waals surface area contributed by atoms with Gasteiger partial charge in [-0.3, -0.25) is 9.59 Å². The quantitative estimate of drug-likeness (QED) is 0.0761. The fourth-order valence-electron chi connectivity index (χ4n) is 4.89. The first-order valence-corrected chi connectivity index (χ1v) is 20.6. The van der Waals surface area contributed by atoms with Crippen LogP contribution in [0.2, 0.25) is 37.8 Å². The van der Waals surface area contributed by atoms with Gasteiger partial charge < -0.3 is 18.3 Å². The van der Waals surface area contributed by atoms with Crippen molar-refractivity contribution in [1.82, 2.24) is 0 Å². The molecule has 2 rings (SSSR count). The summed E-state index contributed by atoms with van der Waals surface area (Å²) in [6.45, 7) is 24.6. The second-order valence-electron chi connectivity index (χ2n) is 13.7. The molecule has 0 fully saturated rings. The van der Waals surface area contributed by atoms with Crippen molar-refractivity contribution in [2.75, 3.05) is 7.11 Å². The number of ether oxygens (including phenoxy) is 2. The van der Waals surface area contributed by atoms with Crippen LogP contribution in [-0.2, 0) is 39.3 Å². The monoisotopic (exact) mass is 602 g/mol. The summed E-state index contributed by atoms with van der Waals surface area (Å²) in [6, 6.07) is 9.51. The number of hydrogen-bond donors (Lipinski definition) is 0. The van der Waals surface area contributed by atoms with Gasteiger partial charge in [0.2, 0.25) is 11.4 Å². The predicted octanol–water partition coefficient (Wildman–Crippen LogP) is 6.80. The molecular weight excluding hydrogens is 553 g/mol. The highest BCUT2D eigenvalue weighted by atomic mass is 28.4. The average Bonchev–Trinajstić information content (AvgIpc) is 3.18. The van der Waals surface area contributed by atoms with Gasteiger partial charge >= 0.3 is 5.97 Å². The molecule has 0 spiro atoms. The Kier molecular flexibility index (Phi) is 11.5. The summed E-state index contributed by atoms with van der Waals surface area (Å²) in [7, 11) is -3.24. The molecule has 0 aromatic heterocycles. The lowest BCUT2D eigenvalue weighted by molar-refractivity contribution is -0.169. The number of carbonyl (C=O) groups excluding carboxylic acids is 3. The van der Waals surface area contributed by atoms with E-state index in [0.717, 1.165) is 17.4 Å². The van der Waals surface area contributed by atoms with E-state index in [4.69, 9.17) is 18.3 Å². The van der Waals surface area contributed by atoms with Gasteiger partial charge in [-0.25, -0.2) is 4.79 Å². The largest absolute Gasteiger partial charge is 0.467 e. The minimum atomic E-state index is -2.37. The van der Waals surface area contributed by atoms with Crippen LogP contribution in [0.15, 0.2) is 53.6 Å². The van der Waals surface area contributed by atoms with Gasteiger partial charge in [-0.15, -0.1) is 0 Å². The Balaban J connectivity index is 2.41. The Morgan fingerprint density at radius 1 is 1.07 bits per heavy atom. The minimum absolute atomic E-state index is 0.0151. The van der Waals surface area contributed by atoms with Crippen molar-refractivity contribution in [3.05, 3.63) is 59.2 Å². The number of aldehydes is 1. The van der Waals surface area contributed by atoms with E-state index in [-0.39, 0.29) is 30.1 Å². The molecule has 1 aliphatic rings. The minimum Gasteiger partial charge on any atom is -0.467 e. The van der Waals surface area contributed by atoms with E-state index in [9.17, 15) is 14.4 Å². The molecule has 9 heteroatoms. The molecule has 0 bridgehead atoms. The highest BCUT2D eigenvalue weighted by Gasteiger charge is 2.50. The fraction of sp³-hybridized carbons (Fsp3) is 0.594. The molecule has 0 N–H and O–H groups in total. The molecule has 0 amide bonds. The molecule has 1 aromatic rings. The normalized spacial score (nSPS) is 20.4. The zero-order valence-electron chi connectivity index (χ0n) is 26.9. The lowest BCUT2D eigenvalue weighted by Crippen LogP contribution is -2.56. The molecule has 0 saturated heterocycles. The molecule has 1 aliphatic carbocycles. The van der Waals surface area contributed by atoms with E-state index in [1.165, 1.54) is 14.0 Å². The predicted molar refractivity (Wildman–Crippen MR) is 168 cm³/mol. The fourth-order valence-corrected chi connectivity index (χ4v) is 7.64. The highest BCUT2D eigenvalue weighted by Crippen LogP contribution is 2.44. The van der Waals surface area contributed by atoms with Crippen LogP contribution in [0.3, 0.4) is 0 Å². The maximum atomic E-state index is 14.1. The van der Waals surface area contributed by atoms with E-state index in [1.54, 1.807) is 0 Å². The third-order valence-electron chi connectivity index (χ3n) is 8.22. The Morgan fingerprint density at radius 2 is 1.66 bits per heavy atom. The van der Waals surface area contributed by atoms with Gasteiger partial charge in [0.1, 0.15) is 12.4 Å². The molecule has 41 heavy (non-hydrogen) atoms. The van der Waals surface area contributed by atoms with Crippen LogP contribution in [-0.4, -0.2) is 59.6 Å². The summed E-state index contributed by atoms with van der Waals surface area (Å²) >= 11 is 0. The van der Waals surface area contributed by atoms with E-state index in [0.29, 0.717) is 17.6 Å². The Hall–Kier alpha value is -2.18. The number of esters is 1. The second kappa shape index (κ2) is 13.4. The van der Waals surface area contributed by atoms with Gasteiger partial charge in [0.05, 0.1) is 19.8 Å². The third-order valence-corrected chi connectivity index (χ3v) is 13.7. The summed E-state index contributed by atoms with van der Waals surface area (Å²) < 4.78 is 24.1. The van der Waals surface area contributed by atoms with Gasteiger partial charge in [-0.2, -0.15) is 0 Å². The number of hydrogen-bond acceptors (Lipinski definition) is 7. The number of Topliss-reactive ketones (excluding diaryl/α,β-unsaturated/α-hetero) is 1. The number of allylic oxidation sites excluding steroid dienone is 1. The van der Waals surface area contributed by atoms with Crippen molar-refractivity contribution < 1.29 is 32.7 Å². The van der Waals surface area contributed by atoms with Crippen LogP contribution >= 0.6 is 0 Å². The number of rotatable bonds is 14. The summed E-state index contributed by atoms with van der Waals surface area (Å²) in [5.74, 6) is -1.58. The van der Waals surface area contributed by atoms with Crippen LogP contribution in [0.4, 0.5) is 0 Å². The molecule has 4 atom stereocenters. The second-order valence-corrected chi connectivity index (χ2v) is 22.8. The Morgan fingerprint density at radius 3 is 2.15 bits per heavy atom. The van der Waals surface area contributed by atoms with E-state index in [1.807, 2.05) is 56.9 Å². The highest BCUT2D eigenvalue weighted by molar-refractivity contribution is 6.74. The maximum absolute atomic E-state index is 14.1. The van der Waals surface area contributed by atoms with Crippen LogP contribution < -0.4 is 0 Å². The van der Waals surface area contributed by atoms with Crippen molar-refractivity contribution >= 4 is 34.7 Å². The standard InChI is InChI=1S/C32H50O7Si2/c1-22(25-19-27(23(2)26(25)20-33)38-41(11,12)31(3,4)5)18-28(37-21-24-16-14-13-15-17-24)29(34)32(6,30(35)36-7)39-40(8,9)10/h13-17,20,25,27-28H,1,18-19,21H2,2-12H3/t25-,27-,28+,32?/m1/s1. The number of ketones is 1. The first-order chi connectivity index (χ1) is 18.8. The molecule has 0 saturated carbocycles. The third kappa shape index (κ3) is 8.67. The van der Waals surface area contributed by atoms with Crippen LogP contribution in [0.1, 0.15) is 53.0 Å². The molecule has 228 valence electrons. The molecule has 1 aromatic carbocycles. The van der Waals surface area contributed by atoms with Gasteiger partial charge in [-0.1, -0.05) is 63.3 Å². The van der Waals surface area contributed by atoms with Crippen molar-refractivity contribution in [2.24, 2.45) is 5.92 Å². The summed E-state index contributed by atoms with van der Waals surface area (Å²) in [4.78, 5) is 39.4. The zero-order valence-corrected chi connectivity index (χ0v) is 28.9. The topological polar surface area (TPSA) is 88.1 Å². The lowest BCUT2D eigenvalue weighted by Gasteiger charge is -2.39. The van der Waals surface area contributed by atoms with Gasteiger partial charge in [0.25, 0.3) is 0 Å². The SMILES string of the molecule is C=C(C[C@H](OCc1ccccc1)C(=O)C(C)(O[Si](C)(C)C)C(=O)OC)[C@H]1C[C@@H](O[Si](C)(C)C(C)(C)C)C(C)=C1C=O. The smallest absolute Gasteiger partial charge is 0.344 e. The van der Waals surface area contributed by atoms with E-state index in [2.05, 4.69) is 40.4 Å². The van der Waals surface area contributed by atoms with Gasteiger partial charge in [0.15, 0.2) is 16.6 Å². The molecule has 1 unspecified atom stereocenters. The summed E-state index contributed by atoms with van der Waals surface area (Å²) in [5, 5.41) is 0.0151. The van der Waals surface area contributed by atoms with Crippen molar-refractivity contribution in [3.63, 3.8) is 0 Å². The first-order valence-electron chi connectivity index (χ1n) is 14.3. The van der Waals surface area contributed by atoms with Gasteiger partial charge in [0, 0.05) is 17.9 Å². The molecule has 0 heterocycles. The average molecular weight is 603 g/mol. The first kappa shape index (κ1) is 35.0. The number of benzene rings is 1. The summed E-state index contributed by atoms with van der Waals surface area (Å²) in [6.07, 6.45) is 0.332. The number of carbonyl (C=O) groups is 3. The van der Waals surface area contributed by atoms with Crippen molar-refractivity contribution in [2.45, 2.75) is 110 Å². The van der Waals surface area contributed by atoms with Crippen LogP contribution in [0.5, 0.6) is 0 Å². The number of methoxy groups -OCH3 is 1. The molecule has 0 aliphatic heterocycles. The van der Waals surface area contributed by atoms with Crippen LogP contribution in [0.25, 0.3) is 0 Å². The zero-order chi connectivity index (χ0) is 31.4. The molecule has 0 radical (unpaired) electrons. The summed E-state index contributed by atoms with van der Waals surface area (Å²) in [5.41, 5.74) is 1.27. The maximum Gasteiger partial charge on any atom is 0.344 e. The van der Waals surface area contributed by atoms with E-state index >= 15 is 0 Å². The Labute approximate surface area is 248 Å². The Bertz CT molecular complexity index is 1140. The van der Waals surface area contributed by atoms with Gasteiger partial charge in [-0.05, 0) is 69.2 Å². The van der Waals surface area contributed by atoms with Crippen molar-refractivity contribution in [3.8, 4) is 0 Å². The lowest BCUT2D eigenvalue weighted by atomic mass is 9.86.